The smallest absolute Gasteiger partial charge is 0.352 e. The van der Waals surface area contributed by atoms with Crippen LogP contribution >= 0.6 is 22.7 Å². The van der Waals surface area contributed by atoms with Crippen molar-refractivity contribution >= 4 is 110 Å². The normalized spacial score (nSPS) is 19.8. The van der Waals surface area contributed by atoms with Crippen LogP contribution in [-0.2, 0) is 19.0 Å². The molecule has 30 heteroatoms. The molecule has 3 aliphatic heterocycles. The number of nitrogen functional groups attached to an aromatic ring is 1. The fourth-order valence-corrected chi connectivity index (χ4v) is 32.8. The summed E-state index contributed by atoms with van der Waals surface area (Å²) in [7, 11) is -2.41. The number of thiazole rings is 2. The Morgan fingerprint density at radius 3 is 1.72 bits per heavy atom. The Morgan fingerprint density at radius 1 is 0.740 bits per heavy atom. The molecule has 0 spiro atoms. The minimum absolute atomic E-state index is 0.0184. The number of hydrogen-bond donors (Lipinski definition) is 5. The number of ether oxygens (including phenoxy) is 3. The summed E-state index contributed by atoms with van der Waals surface area (Å²) < 4.78 is 27.6. The van der Waals surface area contributed by atoms with E-state index in [0.29, 0.717) is 65.6 Å². The summed E-state index contributed by atoms with van der Waals surface area (Å²) in [6, 6.07) is 4.55. The topological polar surface area (TPSA) is 325 Å². The number of carboxylic acids is 1. The zero-order chi connectivity index (χ0) is 75.0. The third-order valence-corrected chi connectivity index (χ3v) is 41.5. The number of piperidine rings is 1. The van der Waals surface area contributed by atoms with Crippen LogP contribution < -0.4 is 10.6 Å². The van der Waals surface area contributed by atoms with Crippen molar-refractivity contribution < 1.29 is 43.9 Å². The number of unbranched alkanes of at least 4 members (excludes halogenated alkanes) is 3. The number of carboxylic acid groups (broad SMARTS) is 1. The van der Waals surface area contributed by atoms with E-state index in [4.69, 9.17) is 40.1 Å². The number of rotatable bonds is 32. The third-order valence-electron chi connectivity index (χ3n) is 20.6. The molecule has 6 N–H and O–H groups in total. The zero-order valence-corrected chi connectivity index (χ0v) is 70.2. The number of Topliss-reactive ketones (excluding diaryl/α,β-unsaturated/α-hetero) is 1. The number of carbonyl (C=O) groups is 3. The number of aliphatic hydroxyl groups is 2. The van der Waals surface area contributed by atoms with E-state index >= 15 is 0 Å². The van der Waals surface area contributed by atoms with E-state index in [2.05, 4.69) is 125 Å². The average Bonchev–Trinajstić information content (AvgIpc) is 1.55. The molecule has 0 radical (unpaired) electrons. The molecule has 104 heavy (non-hydrogen) atoms. The monoisotopic (exact) mass is 1610 g/mol. The maximum absolute atomic E-state index is 13.1. The number of aliphatic carboxylic acids is 1. The number of hydrogen-bond acceptors (Lipinski definition) is 22. The van der Waals surface area contributed by atoms with E-state index in [1.807, 2.05) is 21.8 Å². The SMILES string of the molecule is C=[C](OCC)[Sn]([CH2]CCC)([CH2]CCC)[CH2]CCC.CC(=O)c1c(C2C[C@H]3CC[C@@H](C2)N3C(=O)c2ncn[nH]2)nc2c(-c3cnc(C(C)O)s3)cnn2c1N.CC(O)c1ncc(-c2cnn3c(N(COCC[Si](C)(C)C)COCC[Si](C)(C)C)cc(C4C[C@H]5CC[C@@H](C4)C5)nc23)s1.O=C(O)C1=NN=CC1. The molecule has 4 unspecified atom stereocenters. The van der Waals surface area contributed by atoms with Crippen molar-refractivity contribution in [1.82, 2.24) is 59.2 Å². The Morgan fingerprint density at radius 2 is 1.28 bits per heavy atom. The number of nitrogens with two attached hydrogens (primary N) is 1. The minimum Gasteiger partial charge on any atom is -0.477 e. The van der Waals surface area contributed by atoms with Crippen molar-refractivity contribution in [2.24, 2.45) is 22.0 Å². The molecule has 4 bridgehead atoms. The van der Waals surface area contributed by atoms with Gasteiger partial charge in [-0.25, -0.2) is 29.7 Å². The van der Waals surface area contributed by atoms with Gasteiger partial charge in [0.1, 0.15) is 53.6 Å². The van der Waals surface area contributed by atoms with Crippen molar-refractivity contribution in [3.8, 4) is 20.9 Å². The van der Waals surface area contributed by atoms with Gasteiger partial charge in [-0.05, 0) is 89.6 Å². The second-order valence-electron chi connectivity index (χ2n) is 31.3. The number of nitrogens with zero attached hydrogens (tertiary/aromatic N) is 14. The number of anilines is 2. The van der Waals surface area contributed by atoms with Crippen LogP contribution in [0.1, 0.15) is 218 Å². The fourth-order valence-electron chi connectivity index (χ4n) is 14.9. The Bertz CT molecular complexity index is 3980. The molecule has 10 heterocycles. The second kappa shape index (κ2) is 37.6. The maximum atomic E-state index is 13.1. The molecule has 7 aromatic heterocycles. The van der Waals surface area contributed by atoms with Crippen LogP contribution in [0, 0.1) is 11.8 Å². The first-order valence-electron chi connectivity index (χ1n) is 37.7. The summed E-state index contributed by atoms with van der Waals surface area (Å²) in [4.78, 5) is 64.8. The van der Waals surface area contributed by atoms with E-state index < -0.39 is 52.7 Å². The number of fused-ring (bicyclic) bond motifs is 6. The predicted molar refractivity (Wildman–Crippen MR) is 422 cm³/mol. The summed E-state index contributed by atoms with van der Waals surface area (Å²) in [5, 5.41) is 52.0. The van der Waals surface area contributed by atoms with Gasteiger partial charge in [0, 0.05) is 90.1 Å². The molecule has 2 aliphatic carbocycles. The number of ketones is 1. The first-order chi connectivity index (χ1) is 49.7. The fraction of sp³-hybridized carbons (Fsp3) is 0.635. The van der Waals surface area contributed by atoms with Crippen molar-refractivity contribution in [3.05, 3.63) is 80.3 Å². The van der Waals surface area contributed by atoms with E-state index in [0.717, 1.165) is 94.6 Å². The van der Waals surface area contributed by atoms with Gasteiger partial charge in [0.25, 0.3) is 5.91 Å². The van der Waals surface area contributed by atoms with Crippen LogP contribution in [0.5, 0.6) is 0 Å². The largest absolute Gasteiger partial charge is 0.477 e. The van der Waals surface area contributed by atoms with Gasteiger partial charge >= 0.3 is 126 Å². The van der Waals surface area contributed by atoms with Crippen LogP contribution in [0.25, 0.3) is 32.2 Å². The van der Waals surface area contributed by atoms with Crippen LogP contribution in [-0.4, -0.2) is 184 Å². The predicted octanol–water partition coefficient (Wildman–Crippen LogP) is 15.8. The molecular weight excluding hydrogens is 1500 g/mol. The minimum atomic E-state index is -2.24. The van der Waals surface area contributed by atoms with Gasteiger partial charge in [0.15, 0.2) is 22.8 Å². The third kappa shape index (κ3) is 21.1. The number of aliphatic hydroxyl groups excluding tert-OH is 2. The number of amides is 1. The number of aromatic amines is 1. The zero-order valence-electron chi connectivity index (χ0n) is 63.7. The Balaban J connectivity index is 0.000000182. The van der Waals surface area contributed by atoms with E-state index in [9.17, 15) is 24.6 Å². The standard InChI is InChI=1S/C31H51N5O3SSi2.C23H25N9O3S.C4H4N2O2.C4H7O.3C4H9.Sn/c1-22(37)31-32-19-28(40-31)26-18-33-36-29(17-27(34-30(26)36)25-15-23-8-9-24(14-23)16-25)35(20-38-10-12-41(2,3)4)21-39-11-13-42(5,6)7;1-10(33)17-18(12-5-13-3-4-14(6-12)31(13)23(35)20-26-9-27-30-20)29-21-15(7-28-32(21)19(17)24)16-8-25-22(36-16)11(2)34;7-4(8)3-1-2-5-6-3;1-3-5-4-2;3*1-3-4-2;/h17-19,22-25,37H,8-16,20-21H2,1-7H3;7-9,11-14,34H,3-6,24H2,1-2H3,(H,26,27,30);2H,1H2,(H,7,8);1,4H2,2H3;3*1,3-4H2,2H3;/t22?,23-,24+,25?;11?,12?,13-,14+;;;;;;. The first kappa shape index (κ1) is 81.9. The van der Waals surface area contributed by atoms with Gasteiger partial charge in [0.2, 0.25) is 5.82 Å². The molecule has 1 amide bonds. The molecule has 5 aliphatic rings. The number of H-pyrrole nitrogens is 1. The number of nitrogens with one attached hydrogen (secondary N) is 1. The molecule has 568 valence electrons. The molecule has 25 nitrogen and oxygen atoms in total. The molecule has 0 aromatic carbocycles. The average molecular weight is 1610 g/mol. The summed E-state index contributed by atoms with van der Waals surface area (Å²) in [5.74, 6) is 2.22. The summed E-state index contributed by atoms with van der Waals surface area (Å²) in [6.07, 6.45) is 26.7. The van der Waals surface area contributed by atoms with Gasteiger partial charge in [-0.15, -0.1) is 27.8 Å². The molecule has 2 saturated heterocycles. The summed E-state index contributed by atoms with van der Waals surface area (Å²) >= 11 is 0.629. The van der Waals surface area contributed by atoms with E-state index in [1.165, 1.54) is 134 Å². The molecular formula is C74H114N16O9S2Si2Sn. The van der Waals surface area contributed by atoms with Crippen LogP contribution in [0.4, 0.5) is 11.6 Å². The Hall–Kier alpha value is -6.20. The van der Waals surface area contributed by atoms with Crippen LogP contribution in [0.3, 0.4) is 0 Å². The molecule has 7 aromatic rings. The summed E-state index contributed by atoms with van der Waals surface area (Å²) in [6.45, 7) is 35.8. The van der Waals surface area contributed by atoms with Crippen LogP contribution in [0.2, 0.25) is 64.7 Å². The Kier molecular flexibility index (Phi) is 29.6. The Labute approximate surface area is 627 Å². The van der Waals surface area contributed by atoms with Crippen molar-refractivity contribution in [3.63, 3.8) is 0 Å². The molecule has 2 saturated carbocycles. The maximum Gasteiger partial charge on any atom is 0.352 e. The molecule has 12 rings (SSSR count). The quantitative estimate of drug-likeness (QED) is 0.00860. The van der Waals surface area contributed by atoms with E-state index in [1.54, 1.807) is 26.2 Å². The van der Waals surface area contributed by atoms with Gasteiger partial charge in [-0.2, -0.15) is 29.4 Å². The molecule has 8 atom stereocenters. The van der Waals surface area contributed by atoms with Gasteiger partial charge in [-0.3, -0.25) is 14.7 Å². The second-order valence-corrected chi connectivity index (χ2v) is 57.8. The summed E-state index contributed by atoms with van der Waals surface area (Å²) in [5.41, 5.74) is 11.9. The number of carbonyl (C=O) groups excluding carboxylic acids is 2. The van der Waals surface area contributed by atoms with Gasteiger partial charge in [-0.1, -0.05) is 52.1 Å². The van der Waals surface area contributed by atoms with Crippen molar-refractivity contribution in [2.45, 2.75) is 252 Å². The van der Waals surface area contributed by atoms with Crippen molar-refractivity contribution in [2.75, 3.05) is 43.9 Å². The van der Waals surface area contributed by atoms with Gasteiger partial charge < -0.3 is 40.3 Å². The van der Waals surface area contributed by atoms with Crippen molar-refractivity contribution in [1.29, 1.82) is 0 Å². The van der Waals surface area contributed by atoms with E-state index in [-0.39, 0.29) is 47.0 Å². The molecule has 4 fully saturated rings. The van der Waals surface area contributed by atoms with Crippen LogP contribution in [0.15, 0.2) is 57.7 Å². The van der Waals surface area contributed by atoms with Gasteiger partial charge in [0.05, 0.1) is 44.5 Å². The first-order valence-corrected chi connectivity index (χ1v) is 54.3. The number of aromatic nitrogens is 11.